The maximum absolute atomic E-state index is 12.2. The van der Waals surface area contributed by atoms with E-state index in [9.17, 15) is 9.59 Å². The summed E-state index contributed by atoms with van der Waals surface area (Å²) in [4.78, 5) is 24.1. The summed E-state index contributed by atoms with van der Waals surface area (Å²) in [6.45, 7) is 0. The van der Waals surface area contributed by atoms with E-state index in [2.05, 4.69) is 5.32 Å². The van der Waals surface area contributed by atoms with Gasteiger partial charge in [-0.05, 0) is 35.9 Å². The molecule has 0 aliphatic heterocycles. The highest BCUT2D eigenvalue weighted by molar-refractivity contribution is 6.03. The smallest absolute Gasteiger partial charge is 0.354 e. The predicted molar refractivity (Wildman–Crippen MR) is 86.9 cm³/mol. The molecule has 0 atom stereocenters. The number of methoxy groups -OCH3 is 2. The quantitative estimate of drug-likeness (QED) is 0.681. The summed E-state index contributed by atoms with van der Waals surface area (Å²) < 4.78 is 9.87. The molecule has 2 rings (SSSR count). The third-order valence-corrected chi connectivity index (χ3v) is 3.09. The van der Waals surface area contributed by atoms with Crippen molar-refractivity contribution in [2.45, 2.75) is 0 Å². The van der Waals surface area contributed by atoms with Gasteiger partial charge < -0.3 is 14.8 Å². The van der Waals surface area contributed by atoms with Crippen molar-refractivity contribution < 1.29 is 19.1 Å². The minimum Gasteiger partial charge on any atom is -0.497 e. The van der Waals surface area contributed by atoms with Crippen LogP contribution >= 0.6 is 0 Å². The molecule has 0 bridgehead atoms. The average molecular weight is 311 g/mol. The van der Waals surface area contributed by atoms with E-state index < -0.39 is 5.97 Å². The number of ether oxygens (including phenoxy) is 2. The molecule has 0 aromatic heterocycles. The van der Waals surface area contributed by atoms with E-state index in [4.69, 9.17) is 9.47 Å². The van der Waals surface area contributed by atoms with Crippen LogP contribution in [0, 0.1) is 0 Å². The van der Waals surface area contributed by atoms with Crippen LogP contribution in [0.5, 0.6) is 5.75 Å². The second-order valence-electron chi connectivity index (χ2n) is 4.65. The summed E-state index contributed by atoms with van der Waals surface area (Å²) in [5.41, 5.74) is 1.21. The van der Waals surface area contributed by atoms with Crippen LogP contribution in [0.2, 0.25) is 0 Å². The third-order valence-electron chi connectivity index (χ3n) is 3.09. The van der Waals surface area contributed by atoms with Crippen LogP contribution in [0.3, 0.4) is 0 Å². The molecule has 0 radical (unpaired) electrons. The molecule has 0 aliphatic rings. The van der Waals surface area contributed by atoms with Crippen molar-refractivity contribution in [1.29, 1.82) is 0 Å². The van der Waals surface area contributed by atoms with Crippen LogP contribution in [0.1, 0.15) is 15.9 Å². The highest BCUT2D eigenvalue weighted by Gasteiger charge is 2.14. The molecule has 0 aliphatic carbocycles. The Balaban J connectivity index is 2.28. The van der Waals surface area contributed by atoms with Crippen LogP contribution in [-0.4, -0.2) is 26.1 Å². The Hall–Kier alpha value is -3.08. The number of carbonyl (C=O) groups is 2. The van der Waals surface area contributed by atoms with E-state index in [1.165, 1.54) is 13.2 Å². The molecular weight excluding hydrogens is 294 g/mol. The molecule has 5 nitrogen and oxygen atoms in total. The van der Waals surface area contributed by atoms with Gasteiger partial charge in [-0.1, -0.05) is 30.3 Å². The van der Waals surface area contributed by atoms with Crippen molar-refractivity contribution >= 4 is 18.0 Å². The second-order valence-corrected chi connectivity index (χ2v) is 4.65. The average Bonchev–Trinajstić information content (AvgIpc) is 2.61. The number of hydrogen-bond donors (Lipinski definition) is 1. The predicted octanol–water partition coefficient (Wildman–Crippen LogP) is 2.64. The maximum Gasteiger partial charge on any atom is 0.354 e. The lowest BCUT2D eigenvalue weighted by Crippen LogP contribution is -2.28. The molecule has 23 heavy (non-hydrogen) atoms. The highest BCUT2D eigenvalue weighted by atomic mass is 16.5. The minimum absolute atomic E-state index is 0.0506. The zero-order valence-electron chi connectivity index (χ0n) is 12.9. The zero-order valence-corrected chi connectivity index (χ0v) is 12.9. The molecular formula is C18H17NO4. The molecule has 2 aromatic carbocycles. The number of carbonyl (C=O) groups excluding carboxylic acids is 2. The lowest BCUT2D eigenvalue weighted by atomic mass is 10.1. The van der Waals surface area contributed by atoms with Gasteiger partial charge in [0, 0.05) is 5.56 Å². The van der Waals surface area contributed by atoms with Gasteiger partial charge in [0.1, 0.15) is 11.4 Å². The molecule has 118 valence electrons. The summed E-state index contributed by atoms with van der Waals surface area (Å²) in [7, 11) is 2.82. The lowest BCUT2D eigenvalue weighted by molar-refractivity contribution is -0.136. The van der Waals surface area contributed by atoms with Gasteiger partial charge in [0.05, 0.1) is 14.2 Å². The van der Waals surface area contributed by atoms with Gasteiger partial charge in [-0.15, -0.1) is 0 Å². The number of rotatable bonds is 5. The van der Waals surface area contributed by atoms with Gasteiger partial charge in [-0.25, -0.2) is 4.79 Å². The summed E-state index contributed by atoms with van der Waals surface area (Å²) in [5.74, 6) is -0.361. The monoisotopic (exact) mass is 311 g/mol. The lowest BCUT2D eigenvalue weighted by Gasteiger charge is -2.09. The van der Waals surface area contributed by atoms with Crippen LogP contribution < -0.4 is 10.1 Å². The number of hydrogen-bond acceptors (Lipinski definition) is 4. The van der Waals surface area contributed by atoms with E-state index in [1.807, 2.05) is 6.07 Å². The van der Waals surface area contributed by atoms with Crippen LogP contribution in [0.15, 0.2) is 60.3 Å². The molecule has 1 amide bonds. The minimum atomic E-state index is -0.628. The first-order chi connectivity index (χ1) is 11.1. The SMILES string of the molecule is COC(=O)/C(=C\c1cccc(OC)c1)NC(=O)c1ccccc1. The van der Waals surface area contributed by atoms with E-state index in [0.717, 1.165) is 0 Å². The van der Waals surface area contributed by atoms with Crippen LogP contribution in [-0.2, 0) is 9.53 Å². The topological polar surface area (TPSA) is 64.6 Å². The third kappa shape index (κ3) is 4.44. The Kier molecular flexibility index (Phi) is 5.52. The normalized spacial score (nSPS) is 10.8. The molecule has 0 saturated carbocycles. The molecule has 0 fully saturated rings. The van der Waals surface area contributed by atoms with Gasteiger partial charge >= 0.3 is 5.97 Å². The van der Waals surface area contributed by atoms with Crippen molar-refractivity contribution in [3.63, 3.8) is 0 Å². The van der Waals surface area contributed by atoms with Crippen molar-refractivity contribution in [2.24, 2.45) is 0 Å². The molecule has 0 saturated heterocycles. The Morgan fingerprint density at radius 2 is 1.74 bits per heavy atom. The summed E-state index contributed by atoms with van der Waals surface area (Å²) in [6.07, 6.45) is 1.54. The molecule has 0 unspecified atom stereocenters. The maximum atomic E-state index is 12.2. The van der Waals surface area contributed by atoms with Gasteiger partial charge in [0.2, 0.25) is 0 Å². The van der Waals surface area contributed by atoms with Crippen LogP contribution in [0.4, 0.5) is 0 Å². The second kappa shape index (κ2) is 7.79. The Morgan fingerprint density at radius 3 is 2.39 bits per heavy atom. The molecule has 2 aromatic rings. The summed E-state index contributed by atoms with van der Waals surface area (Å²) >= 11 is 0. The standard InChI is InChI=1S/C18H17NO4/c1-22-15-10-6-7-13(11-15)12-16(18(21)23-2)19-17(20)14-8-4-3-5-9-14/h3-12H,1-2H3,(H,19,20)/b16-12+. The Bertz CT molecular complexity index is 723. The Morgan fingerprint density at radius 1 is 1.00 bits per heavy atom. The zero-order chi connectivity index (χ0) is 16.7. The first-order valence-electron chi connectivity index (χ1n) is 6.94. The van der Waals surface area contributed by atoms with E-state index in [-0.39, 0.29) is 11.6 Å². The molecule has 0 heterocycles. The van der Waals surface area contributed by atoms with Gasteiger partial charge in [-0.3, -0.25) is 4.79 Å². The van der Waals surface area contributed by atoms with Gasteiger partial charge in [-0.2, -0.15) is 0 Å². The number of esters is 1. The van der Waals surface area contributed by atoms with E-state index in [0.29, 0.717) is 16.9 Å². The Labute approximate surface area is 134 Å². The molecule has 1 N–H and O–H groups in total. The van der Waals surface area contributed by atoms with Gasteiger partial charge in [0.15, 0.2) is 0 Å². The van der Waals surface area contributed by atoms with Crippen molar-refractivity contribution in [1.82, 2.24) is 5.32 Å². The number of benzene rings is 2. The van der Waals surface area contributed by atoms with Gasteiger partial charge in [0.25, 0.3) is 5.91 Å². The van der Waals surface area contributed by atoms with Crippen LogP contribution in [0.25, 0.3) is 6.08 Å². The first kappa shape index (κ1) is 16.3. The van der Waals surface area contributed by atoms with E-state index >= 15 is 0 Å². The van der Waals surface area contributed by atoms with E-state index in [1.54, 1.807) is 55.6 Å². The summed E-state index contributed by atoms with van der Waals surface area (Å²) in [6, 6.07) is 15.8. The highest BCUT2D eigenvalue weighted by Crippen LogP contribution is 2.15. The number of amides is 1. The van der Waals surface area contributed by atoms with Crippen molar-refractivity contribution in [2.75, 3.05) is 14.2 Å². The summed E-state index contributed by atoms with van der Waals surface area (Å²) in [5, 5.41) is 2.58. The fourth-order valence-electron chi connectivity index (χ4n) is 1.94. The van der Waals surface area contributed by atoms with Crippen molar-refractivity contribution in [3.05, 3.63) is 71.4 Å². The fraction of sp³-hybridized carbons (Fsp3) is 0.111. The fourth-order valence-corrected chi connectivity index (χ4v) is 1.94. The molecule has 0 spiro atoms. The molecule has 5 heteroatoms. The first-order valence-corrected chi connectivity index (χ1v) is 6.94. The van der Waals surface area contributed by atoms with Crippen molar-refractivity contribution in [3.8, 4) is 5.75 Å². The largest absolute Gasteiger partial charge is 0.497 e. The number of nitrogens with one attached hydrogen (secondary N) is 1.